The Hall–Kier alpha value is -1.07. The highest BCUT2D eigenvalue weighted by atomic mass is 16.5. The van der Waals surface area contributed by atoms with Crippen LogP contribution in [0.4, 0.5) is 0 Å². The molecule has 1 heterocycles. The van der Waals surface area contributed by atoms with Crippen LogP contribution in [0.15, 0.2) is 0 Å². The SMILES string of the molecule is CCOC.CN1CC(=O)CC1(C=O)CCC=O. The lowest BCUT2D eigenvalue weighted by Gasteiger charge is -2.28. The number of hydrogen-bond acceptors (Lipinski definition) is 5. The summed E-state index contributed by atoms with van der Waals surface area (Å²) < 4.78 is 4.54. The first-order chi connectivity index (χ1) is 8.06. The molecule has 1 aliphatic heterocycles. The fraction of sp³-hybridized carbons (Fsp3) is 0.750. The molecule has 0 spiro atoms. The van der Waals surface area contributed by atoms with E-state index in [9.17, 15) is 14.4 Å². The van der Waals surface area contributed by atoms with E-state index in [0.717, 1.165) is 19.2 Å². The molecule has 17 heavy (non-hydrogen) atoms. The molecule has 1 unspecified atom stereocenters. The fourth-order valence-electron chi connectivity index (χ4n) is 1.73. The zero-order valence-corrected chi connectivity index (χ0v) is 10.8. The molecule has 0 radical (unpaired) electrons. The van der Waals surface area contributed by atoms with Gasteiger partial charge in [0.2, 0.25) is 0 Å². The minimum atomic E-state index is -0.710. The number of carbonyl (C=O) groups is 3. The van der Waals surface area contributed by atoms with E-state index in [1.165, 1.54) is 0 Å². The van der Waals surface area contributed by atoms with Gasteiger partial charge in [0, 0.05) is 26.6 Å². The fourth-order valence-corrected chi connectivity index (χ4v) is 1.73. The van der Waals surface area contributed by atoms with Gasteiger partial charge in [-0.25, -0.2) is 0 Å². The van der Waals surface area contributed by atoms with Gasteiger partial charge in [-0.1, -0.05) is 0 Å². The van der Waals surface area contributed by atoms with Gasteiger partial charge in [-0.3, -0.25) is 9.69 Å². The number of likely N-dealkylation sites (N-methyl/N-ethyl adjacent to an activating group) is 1. The summed E-state index contributed by atoms with van der Waals surface area (Å²) in [6.45, 7) is 3.09. The Bertz CT molecular complexity index is 265. The molecule has 0 aliphatic carbocycles. The zero-order chi connectivity index (χ0) is 13.3. The average Bonchev–Trinajstić information content (AvgIpc) is 2.62. The minimum Gasteiger partial charge on any atom is -0.385 e. The van der Waals surface area contributed by atoms with Crippen LogP contribution in [-0.2, 0) is 19.1 Å². The molecule has 1 fully saturated rings. The van der Waals surface area contributed by atoms with Crippen molar-refractivity contribution in [2.75, 3.05) is 27.3 Å². The van der Waals surface area contributed by atoms with Crippen molar-refractivity contribution in [1.82, 2.24) is 4.90 Å². The summed E-state index contributed by atoms with van der Waals surface area (Å²) in [4.78, 5) is 33.9. The topological polar surface area (TPSA) is 63.7 Å². The lowest BCUT2D eigenvalue weighted by atomic mass is 9.92. The summed E-state index contributed by atoms with van der Waals surface area (Å²) in [7, 11) is 3.42. The van der Waals surface area contributed by atoms with E-state index in [1.807, 2.05) is 6.92 Å². The standard InChI is InChI=1S/C9H13NO3.C3H8O/c1-10-6-8(13)5-9(10,7-12)3-2-4-11;1-3-4-2/h4,7H,2-3,5-6H2,1H3;3H2,1-2H3. The second-order valence-corrected chi connectivity index (χ2v) is 4.08. The van der Waals surface area contributed by atoms with Crippen LogP contribution in [0.1, 0.15) is 26.2 Å². The Labute approximate surface area is 102 Å². The summed E-state index contributed by atoms with van der Waals surface area (Å²) in [6, 6.07) is 0. The van der Waals surface area contributed by atoms with Gasteiger partial charge in [-0.05, 0) is 20.4 Å². The summed E-state index contributed by atoms with van der Waals surface area (Å²) in [5.74, 6) is 0.0699. The summed E-state index contributed by atoms with van der Waals surface area (Å²) in [5, 5.41) is 0. The molecule has 0 aromatic heterocycles. The molecule has 98 valence electrons. The van der Waals surface area contributed by atoms with Gasteiger partial charge in [-0.15, -0.1) is 0 Å². The van der Waals surface area contributed by atoms with E-state index < -0.39 is 5.54 Å². The Morgan fingerprint density at radius 2 is 2.06 bits per heavy atom. The molecule has 1 aliphatic rings. The van der Waals surface area contributed by atoms with E-state index in [4.69, 9.17) is 0 Å². The molecule has 5 nitrogen and oxygen atoms in total. The van der Waals surface area contributed by atoms with Crippen molar-refractivity contribution in [3.05, 3.63) is 0 Å². The highest BCUT2D eigenvalue weighted by Crippen LogP contribution is 2.27. The van der Waals surface area contributed by atoms with Crippen molar-refractivity contribution in [3.8, 4) is 0 Å². The van der Waals surface area contributed by atoms with E-state index in [0.29, 0.717) is 19.4 Å². The molecule has 0 saturated carbocycles. The highest BCUT2D eigenvalue weighted by molar-refractivity contribution is 5.89. The van der Waals surface area contributed by atoms with Gasteiger partial charge in [0.05, 0.1) is 12.1 Å². The first-order valence-corrected chi connectivity index (χ1v) is 5.68. The first kappa shape index (κ1) is 15.9. The number of aldehydes is 2. The van der Waals surface area contributed by atoms with E-state index in [-0.39, 0.29) is 12.2 Å². The number of likely N-dealkylation sites (tertiary alicyclic amines) is 1. The van der Waals surface area contributed by atoms with Gasteiger partial charge in [0.1, 0.15) is 18.4 Å². The maximum atomic E-state index is 11.1. The molecule has 5 heteroatoms. The molecule has 1 saturated heterocycles. The molecule has 1 rings (SSSR count). The maximum absolute atomic E-state index is 11.1. The first-order valence-electron chi connectivity index (χ1n) is 5.68. The monoisotopic (exact) mass is 243 g/mol. The number of ketones is 1. The van der Waals surface area contributed by atoms with Crippen molar-refractivity contribution < 1.29 is 19.1 Å². The van der Waals surface area contributed by atoms with Crippen molar-refractivity contribution in [1.29, 1.82) is 0 Å². The van der Waals surface area contributed by atoms with Crippen LogP contribution < -0.4 is 0 Å². The third kappa shape index (κ3) is 4.75. The van der Waals surface area contributed by atoms with Gasteiger partial charge >= 0.3 is 0 Å². The largest absolute Gasteiger partial charge is 0.385 e. The second kappa shape index (κ2) is 8.08. The second-order valence-electron chi connectivity index (χ2n) is 4.08. The van der Waals surface area contributed by atoms with Crippen LogP contribution in [0.3, 0.4) is 0 Å². The number of methoxy groups -OCH3 is 1. The smallest absolute Gasteiger partial charge is 0.149 e. The zero-order valence-electron chi connectivity index (χ0n) is 10.8. The van der Waals surface area contributed by atoms with Crippen LogP contribution >= 0.6 is 0 Å². The van der Waals surface area contributed by atoms with Crippen molar-refractivity contribution in [3.63, 3.8) is 0 Å². The lowest BCUT2D eigenvalue weighted by Crippen LogP contribution is -2.42. The summed E-state index contributed by atoms with van der Waals surface area (Å²) in [5.41, 5.74) is -0.710. The summed E-state index contributed by atoms with van der Waals surface area (Å²) in [6.07, 6.45) is 2.60. The molecule has 1 atom stereocenters. The van der Waals surface area contributed by atoms with Crippen LogP contribution in [0, 0.1) is 0 Å². The number of hydrogen-bond donors (Lipinski definition) is 0. The van der Waals surface area contributed by atoms with E-state index in [2.05, 4.69) is 4.74 Å². The number of nitrogens with zero attached hydrogens (tertiary/aromatic N) is 1. The Balaban J connectivity index is 0.000000557. The van der Waals surface area contributed by atoms with Crippen molar-refractivity contribution in [2.24, 2.45) is 0 Å². The molecule has 0 amide bonds. The molecule has 0 bridgehead atoms. The van der Waals surface area contributed by atoms with Crippen LogP contribution in [0.5, 0.6) is 0 Å². The maximum Gasteiger partial charge on any atom is 0.149 e. The highest BCUT2D eigenvalue weighted by Gasteiger charge is 2.42. The van der Waals surface area contributed by atoms with Crippen LogP contribution in [-0.4, -0.2) is 56.1 Å². The molecule has 0 aromatic rings. The predicted molar refractivity (Wildman–Crippen MR) is 63.9 cm³/mol. The Morgan fingerprint density at radius 1 is 1.47 bits per heavy atom. The van der Waals surface area contributed by atoms with Crippen molar-refractivity contribution in [2.45, 2.75) is 31.7 Å². The Kier molecular flexibility index (Phi) is 7.58. The normalized spacial score (nSPS) is 24.1. The lowest BCUT2D eigenvalue weighted by molar-refractivity contribution is -0.120. The van der Waals surface area contributed by atoms with E-state index >= 15 is 0 Å². The van der Waals surface area contributed by atoms with E-state index in [1.54, 1.807) is 19.1 Å². The number of carbonyl (C=O) groups excluding carboxylic acids is 3. The average molecular weight is 243 g/mol. The van der Waals surface area contributed by atoms with Gasteiger partial charge < -0.3 is 14.3 Å². The number of Topliss-reactive ketones (excluding diaryl/α,β-unsaturated/α-hetero) is 1. The van der Waals surface area contributed by atoms with Crippen LogP contribution in [0.25, 0.3) is 0 Å². The number of ether oxygens (including phenoxy) is 1. The van der Waals surface area contributed by atoms with Crippen molar-refractivity contribution >= 4 is 18.4 Å². The van der Waals surface area contributed by atoms with Crippen LogP contribution in [0.2, 0.25) is 0 Å². The molecule has 0 N–H and O–H groups in total. The summed E-state index contributed by atoms with van der Waals surface area (Å²) >= 11 is 0. The third-order valence-corrected chi connectivity index (χ3v) is 2.88. The number of rotatable bonds is 5. The molecular weight excluding hydrogens is 222 g/mol. The quantitative estimate of drug-likeness (QED) is 0.656. The third-order valence-electron chi connectivity index (χ3n) is 2.88. The molecular formula is C12H21NO4. The molecule has 0 aromatic carbocycles. The Morgan fingerprint density at radius 3 is 2.35 bits per heavy atom. The van der Waals surface area contributed by atoms with Gasteiger partial charge in [-0.2, -0.15) is 0 Å². The van der Waals surface area contributed by atoms with Gasteiger partial charge in [0.15, 0.2) is 0 Å². The minimum absolute atomic E-state index is 0.0699. The van der Waals surface area contributed by atoms with Gasteiger partial charge in [0.25, 0.3) is 0 Å². The predicted octanol–water partition coefficient (Wildman–Crippen LogP) is 0.460.